The molecule has 3 heterocycles. The lowest BCUT2D eigenvalue weighted by Gasteiger charge is -2.35. The lowest BCUT2D eigenvalue weighted by molar-refractivity contribution is -0.114. The van der Waals surface area contributed by atoms with Crippen LogP contribution in [0.15, 0.2) is 42.6 Å². The molecule has 1 atom stereocenters. The van der Waals surface area contributed by atoms with Crippen molar-refractivity contribution < 1.29 is 9.53 Å². The quantitative estimate of drug-likeness (QED) is 0.430. The van der Waals surface area contributed by atoms with Gasteiger partial charge in [-0.05, 0) is 77.4 Å². The van der Waals surface area contributed by atoms with Gasteiger partial charge in [-0.1, -0.05) is 25.8 Å². The maximum atomic E-state index is 11.7. The maximum Gasteiger partial charge on any atom is 0.221 e. The number of ether oxygens (including phenoxy) is 1. The van der Waals surface area contributed by atoms with Crippen LogP contribution >= 0.6 is 0 Å². The third-order valence-electron chi connectivity index (χ3n) is 6.16. The van der Waals surface area contributed by atoms with Crippen LogP contribution in [0, 0.1) is 0 Å². The molecule has 1 saturated heterocycles. The number of likely N-dealkylation sites (tertiary alicyclic amines) is 1. The van der Waals surface area contributed by atoms with Crippen LogP contribution in [-0.4, -0.2) is 49.2 Å². The molecule has 0 aliphatic carbocycles. The normalized spacial score (nSPS) is 16.6. The summed E-state index contributed by atoms with van der Waals surface area (Å²) in [6, 6.07) is 11.8. The lowest BCUT2D eigenvalue weighted by Crippen LogP contribution is -2.35. The largest absolute Gasteiger partial charge is 0.472 e. The van der Waals surface area contributed by atoms with Crippen LogP contribution in [-0.2, 0) is 4.79 Å². The summed E-state index contributed by atoms with van der Waals surface area (Å²) in [7, 11) is 0. The molecule has 1 fully saturated rings. The smallest absolute Gasteiger partial charge is 0.221 e. The summed E-state index contributed by atoms with van der Waals surface area (Å²) in [6.45, 7) is 11.9. The Kier molecular flexibility index (Phi) is 8.04. The van der Waals surface area contributed by atoms with Crippen molar-refractivity contribution in [2.24, 2.45) is 0 Å². The summed E-state index contributed by atoms with van der Waals surface area (Å²) in [4.78, 5) is 23.8. The molecule has 192 valence electrons. The van der Waals surface area contributed by atoms with Crippen LogP contribution in [0.3, 0.4) is 0 Å². The second-order valence-corrected chi connectivity index (χ2v) is 10.4. The number of unbranched alkanes of at least 4 members (excludes halogenated alkanes) is 1. The highest BCUT2D eigenvalue weighted by atomic mass is 16.5. The predicted molar refractivity (Wildman–Crippen MR) is 142 cm³/mol. The van der Waals surface area contributed by atoms with Crippen LogP contribution in [0.4, 0.5) is 5.69 Å². The second kappa shape index (κ2) is 11.2. The first-order valence-electron chi connectivity index (χ1n) is 13.0. The molecule has 1 N–H and O–H groups in total. The number of carbonyl (C=O) groups excluding carboxylic acids is 1. The molecule has 1 aliphatic heterocycles. The van der Waals surface area contributed by atoms with Crippen LogP contribution < -0.4 is 10.1 Å². The third kappa shape index (κ3) is 6.49. The van der Waals surface area contributed by atoms with E-state index in [0.717, 1.165) is 55.1 Å². The zero-order valence-electron chi connectivity index (χ0n) is 22.1. The number of benzene rings is 1. The lowest BCUT2D eigenvalue weighted by atomic mass is 10.0. The Bertz CT molecular complexity index is 1170. The van der Waals surface area contributed by atoms with E-state index in [1.807, 2.05) is 61.9 Å². The van der Waals surface area contributed by atoms with Gasteiger partial charge in [-0.25, -0.2) is 14.6 Å². The van der Waals surface area contributed by atoms with Crippen LogP contribution in [0.25, 0.3) is 17.1 Å². The van der Waals surface area contributed by atoms with Gasteiger partial charge >= 0.3 is 0 Å². The molecule has 1 unspecified atom stereocenters. The van der Waals surface area contributed by atoms with E-state index >= 15 is 0 Å². The van der Waals surface area contributed by atoms with Crippen molar-refractivity contribution in [3.05, 3.63) is 48.4 Å². The van der Waals surface area contributed by atoms with E-state index in [0.29, 0.717) is 11.7 Å². The van der Waals surface area contributed by atoms with Gasteiger partial charge in [-0.2, -0.15) is 0 Å². The molecule has 0 radical (unpaired) electrons. The monoisotopic (exact) mass is 490 g/mol. The minimum atomic E-state index is -0.316. The van der Waals surface area contributed by atoms with Gasteiger partial charge in [0.2, 0.25) is 11.8 Å². The Hall–Kier alpha value is -3.26. The number of nitrogens with zero attached hydrogens (tertiary/aromatic N) is 5. The van der Waals surface area contributed by atoms with Gasteiger partial charge in [-0.3, -0.25) is 9.69 Å². The van der Waals surface area contributed by atoms with Crippen molar-refractivity contribution in [2.75, 3.05) is 18.4 Å². The van der Waals surface area contributed by atoms with Crippen molar-refractivity contribution in [1.82, 2.24) is 24.6 Å². The third-order valence-corrected chi connectivity index (χ3v) is 6.16. The fourth-order valence-electron chi connectivity index (χ4n) is 4.57. The van der Waals surface area contributed by atoms with Gasteiger partial charge in [0.1, 0.15) is 11.4 Å². The Balaban J connectivity index is 1.74. The number of piperidine rings is 1. The molecule has 0 spiro atoms. The highest BCUT2D eigenvalue weighted by molar-refractivity contribution is 5.88. The Morgan fingerprint density at radius 1 is 1.19 bits per heavy atom. The van der Waals surface area contributed by atoms with Gasteiger partial charge in [0.05, 0.1) is 11.7 Å². The van der Waals surface area contributed by atoms with Gasteiger partial charge in [0, 0.05) is 30.4 Å². The van der Waals surface area contributed by atoms with E-state index in [4.69, 9.17) is 14.8 Å². The molecular weight excluding hydrogens is 452 g/mol. The zero-order chi connectivity index (χ0) is 25.7. The van der Waals surface area contributed by atoms with Crippen LogP contribution in [0.2, 0.25) is 0 Å². The van der Waals surface area contributed by atoms with E-state index in [2.05, 4.69) is 22.1 Å². The summed E-state index contributed by atoms with van der Waals surface area (Å²) in [5, 5.41) is 7.83. The molecule has 2 aromatic heterocycles. The maximum absolute atomic E-state index is 11.7. The standard InChI is InChI=1S/C28H38N6O2/c1-6-7-16-33-17-9-8-13-24(33)27-31-26(21-14-15-25(29-19-21)36-28(3,4)5)32-34(27)23-12-10-11-22(18-23)30-20(2)35/h10-12,14-15,18-19,24H,6-9,13,16-17H2,1-5H3,(H,30,35). The minimum absolute atomic E-state index is 0.103. The Morgan fingerprint density at radius 3 is 2.72 bits per heavy atom. The van der Waals surface area contributed by atoms with Crippen molar-refractivity contribution in [2.45, 2.75) is 78.4 Å². The molecule has 0 saturated carbocycles. The first kappa shape index (κ1) is 25.8. The fourth-order valence-corrected chi connectivity index (χ4v) is 4.57. The van der Waals surface area contributed by atoms with E-state index in [1.165, 1.54) is 19.8 Å². The first-order valence-corrected chi connectivity index (χ1v) is 13.0. The average molecular weight is 491 g/mol. The minimum Gasteiger partial charge on any atom is -0.472 e. The molecule has 1 aliphatic rings. The van der Waals surface area contributed by atoms with E-state index < -0.39 is 0 Å². The van der Waals surface area contributed by atoms with E-state index in [-0.39, 0.29) is 17.6 Å². The number of hydrogen-bond donors (Lipinski definition) is 1. The van der Waals surface area contributed by atoms with Gasteiger partial charge in [0.25, 0.3) is 0 Å². The number of hydrogen-bond acceptors (Lipinski definition) is 6. The van der Waals surface area contributed by atoms with Crippen LogP contribution in [0.1, 0.15) is 78.6 Å². The van der Waals surface area contributed by atoms with Gasteiger partial charge < -0.3 is 10.1 Å². The molecule has 1 amide bonds. The number of rotatable bonds is 8. The molecule has 3 aromatic rings. The topological polar surface area (TPSA) is 85.2 Å². The van der Waals surface area contributed by atoms with Gasteiger partial charge in [0.15, 0.2) is 5.82 Å². The molecule has 36 heavy (non-hydrogen) atoms. The van der Waals surface area contributed by atoms with E-state index in [1.54, 1.807) is 6.20 Å². The number of anilines is 1. The number of amides is 1. The molecule has 8 nitrogen and oxygen atoms in total. The summed E-state index contributed by atoms with van der Waals surface area (Å²) >= 11 is 0. The summed E-state index contributed by atoms with van der Waals surface area (Å²) in [6.07, 6.45) is 7.52. The van der Waals surface area contributed by atoms with Crippen LogP contribution in [0.5, 0.6) is 5.88 Å². The Labute approximate surface area is 214 Å². The molecular formula is C28H38N6O2. The Morgan fingerprint density at radius 2 is 2.03 bits per heavy atom. The van der Waals surface area contributed by atoms with Crippen molar-refractivity contribution in [1.29, 1.82) is 0 Å². The number of carbonyl (C=O) groups is 1. The highest BCUT2D eigenvalue weighted by Gasteiger charge is 2.29. The molecule has 0 bridgehead atoms. The van der Waals surface area contributed by atoms with Crippen molar-refractivity contribution in [3.63, 3.8) is 0 Å². The highest BCUT2D eigenvalue weighted by Crippen LogP contribution is 2.33. The first-order chi connectivity index (χ1) is 17.2. The van der Waals surface area contributed by atoms with Crippen molar-refractivity contribution >= 4 is 11.6 Å². The summed E-state index contributed by atoms with van der Waals surface area (Å²) in [5.74, 6) is 2.03. The van der Waals surface area contributed by atoms with E-state index in [9.17, 15) is 4.79 Å². The SMILES string of the molecule is CCCCN1CCCCC1c1nc(-c2ccc(OC(C)(C)C)nc2)nn1-c1cccc(NC(C)=O)c1. The second-order valence-electron chi connectivity index (χ2n) is 10.4. The average Bonchev–Trinajstić information content (AvgIpc) is 3.27. The molecule has 8 heteroatoms. The molecule has 1 aromatic carbocycles. The summed E-state index contributed by atoms with van der Waals surface area (Å²) < 4.78 is 7.82. The zero-order valence-corrected chi connectivity index (χ0v) is 22.1. The van der Waals surface area contributed by atoms with Crippen molar-refractivity contribution in [3.8, 4) is 23.0 Å². The molecule has 4 rings (SSSR count). The number of aromatic nitrogens is 4. The number of nitrogens with one attached hydrogen (secondary N) is 1. The predicted octanol–water partition coefficient (Wildman–Crippen LogP) is 5.79. The summed E-state index contributed by atoms with van der Waals surface area (Å²) in [5.41, 5.74) is 2.13. The number of pyridine rings is 1. The fraction of sp³-hybridized carbons (Fsp3) is 0.500. The van der Waals surface area contributed by atoms with Gasteiger partial charge in [-0.15, -0.1) is 5.10 Å².